The second kappa shape index (κ2) is 6.71. The van der Waals surface area contributed by atoms with Crippen LogP contribution in [0.2, 0.25) is 0 Å². The molecule has 100 valence electrons. The average Bonchev–Trinajstić information content (AvgIpc) is 2.42. The number of hydrogen-bond acceptors (Lipinski definition) is 4. The Balaban J connectivity index is 1.88. The van der Waals surface area contributed by atoms with Gasteiger partial charge in [0.05, 0.1) is 6.10 Å². The molecule has 4 nitrogen and oxygen atoms in total. The third kappa shape index (κ3) is 3.68. The van der Waals surface area contributed by atoms with Crippen LogP contribution in [-0.4, -0.2) is 31.3 Å². The van der Waals surface area contributed by atoms with E-state index >= 15 is 0 Å². The molecule has 1 fully saturated rings. The molecule has 0 aromatic carbocycles. The molecule has 2 atom stereocenters. The fourth-order valence-electron chi connectivity index (χ4n) is 2.38. The minimum atomic E-state index is 0.242. The summed E-state index contributed by atoms with van der Waals surface area (Å²) in [5.41, 5.74) is 1.17. The van der Waals surface area contributed by atoms with E-state index < -0.39 is 0 Å². The van der Waals surface area contributed by atoms with Crippen LogP contribution in [0.25, 0.3) is 0 Å². The smallest absolute Gasteiger partial charge is 0.213 e. The van der Waals surface area contributed by atoms with Crippen LogP contribution in [0.4, 0.5) is 0 Å². The Labute approximate surface area is 109 Å². The highest BCUT2D eigenvalue weighted by molar-refractivity contribution is 5.18. The van der Waals surface area contributed by atoms with Gasteiger partial charge in [-0.1, -0.05) is 6.07 Å². The van der Waals surface area contributed by atoms with Crippen LogP contribution in [0.3, 0.4) is 0 Å². The first-order valence-electron chi connectivity index (χ1n) is 6.61. The van der Waals surface area contributed by atoms with Gasteiger partial charge in [0.2, 0.25) is 5.88 Å². The predicted molar refractivity (Wildman–Crippen MR) is 70.7 cm³/mol. The lowest BCUT2D eigenvalue weighted by Crippen LogP contribution is -2.29. The van der Waals surface area contributed by atoms with E-state index in [-0.39, 0.29) is 6.10 Å². The molecule has 1 N–H and O–H groups in total. The molecule has 1 aliphatic carbocycles. The lowest BCUT2D eigenvalue weighted by atomic mass is 9.95. The molecule has 2 unspecified atom stereocenters. The molecule has 1 saturated carbocycles. The highest BCUT2D eigenvalue weighted by atomic mass is 16.5. The van der Waals surface area contributed by atoms with Crippen LogP contribution in [0.1, 0.15) is 31.2 Å². The maximum Gasteiger partial charge on any atom is 0.213 e. The highest BCUT2D eigenvalue weighted by Crippen LogP contribution is 2.24. The number of aromatic nitrogens is 1. The van der Waals surface area contributed by atoms with Crippen LogP contribution in [0, 0.1) is 0 Å². The Morgan fingerprint density at radius 2 is 2.17 bits per heavy atom. The van der Waals surface area contributed by atoms with E-state index in [9.17, 15) is 0 Å². The number of ether oxygens (including phenoxy) is 2. The molecule has 0 aliphatic heterocycles. The first-order valence-corrected chi connectivity index (χ1v) is 6.61. The van der Waals surface area contributed by atoms with Gasteiger partial charge in [0.15, 0.2) is 0 Å². The van der Waals surface area contributed by atoms with E-state index in [4.69, 9.17) is 9.47 Å². The van der Waals surface area contributed by atoms with Gasteiger partial charge in [-0.05, 0) is 31.9 Å². The van der Waals surface area contributed by atoms with Crippen LogP contribution in [-0.2, 0) is 11.3 Å². The van der Waals surface area contributed by atoms with Crippen molar-refractivity contribution < 1.29 is 9.47 Å². The van der Waals surface area contributed by atoms with E-state index in [0.717, 1.165) is 31.7 Å². The third-order valence-electron chi connectivity index (χ3n) is 3.38. The van der Waals surface area contributed by atoms with Crippen LogP contribution >= 0.6 is 0 Å². The molecule has 2 rings (SSSR count). The van der Waals surface area contributed by atoms with Gasteiger partial charge in [-0.25, -0.2) is 4.98 Å². The molecular formula is C14H22N2O2. The monoisotopic (exact) mass is 250 g/mol. The molecule has 1 aromatic heterocycles. The third-order valence-corrected chi connectivity index (χ3v) is 3.38. The van der Waals surface area contributed by atoms with Gasteiger partial charge in [0, 0.05) is 32.3 Å². The van der Waals surface area contributed by atoms with Crippen molar-refractivity contribution in [2.24, 2.45) is 0 Å². The molecule has 1 aromatic rings. The van der Waals surface area contributed by atoms with E-state index in [2.05, 4.69) is 16.4 Å². The van der Waals surface area contributed by atoms with Gasteiger partial charge in [-0.3, -0.25) is 0 Å². The van der Waals surface area contributed by atoms with Crippen LogP contribution in [0.15, 0.2) is 18.3 Å². The van der Waals surface area contributed by atoms with Crippen molar-refractivity contribution in [1.29, 1.82) is 0 Å². The van der Waals surface area contributed by atoms with E-state index in [1.54, 1.807) is 7.11 Å². The Hall–Kier alpha value is -1.13. The van der Waals surface area contributed by atoms with Gasteiger partial charge in [0.25, 0.3) is 0 Å². The van der Waals surface area contributed by atoms with Crippen molar-refractivity contribution in [3.63, 3.8) is 0 Å². The number of methoxy groups -OCH3 is 1. The molecule has 1 heterocycles. The van der Waals surface area contributed by atoms with E-state index in [1.165, 1.54) is 12.0 Å². The molecular weight excluding hydrogens is 228 g/mol. The fraction of sp³-hybridized carbons (Fsp3) is 0.643. The zero-order chi connectivity index (χ0) is 12.8. The lowest BCUT2D eigenvalue weighted by molar-refractivity contribution is 0.0195. The first kappa shape index (κ1) is 13.3. The summed E-state index contributed by atoms with van der Waals surface area (Å²) in [6.45, 7) is 0.836. The van der Waals surface area contributed by atoms with Crippen molar-refractivity contribution in [3.8, 4) is 5.88 Å². The summed E-state index contributed by atoms with van der Waals surface area (Å²) in [7, 11) is 3.70. The summed E-state index contributed by atoms with van der Waals surface area (Å²) in [5.74, 6) is 0.719. The van der Waals surface area contributed by atoms with Gasteiger partial charge in [-0.15, -0.1) is 0 Å². The first-order chi connectivity index (χ1) is 8.81. The van der Waals surface area contributed by atoms with Crippen LogP contribution in [0.5, 0.6) is 5.88 Å². The maximum absolute atomic E-state index is 5.91. The van der Waals surface area contributed by atoms with Gasteiger partial charge < -0.3 is 14.8 Å². The molecule has 1 aliphatic rings. The minimum absolute atomic E-state index is 0.242. The Morgan fingerprint density at radius 3 is 2.83 bits per heavy atom. The van der Waals surface area contributed by atoms with E-state index in [1.807, 2.05) is 19.3 Å². The molecule has 0 saturated heterocycles. The number of nitrogens with one attached hydrogen (secondary N) is 1. The standard InChI is InChI=1S/C14H22N2O2/c1-15-9-11-6-7-14(16-10-11)18-13-5-3-4-12(8-13)17-2/h6-7,10,12-13,15H,3-5,8-9H2,1-2H3. The summed E-state index contributed by atoms with van der Waals surface area (Å²) in [6.07, 6.45) is 6.82. The summed E-state index contributed by atoms with van der Waals surface area (Å²) < 4.78 is 11.3. The normalized spacial score (nSPS) is 23.9. The SMILES string of the molecule is CNCc1ccc(OC2CCCC(OC)C2)nc1. The van der Waals surface area contributed by atoms with Gasteiger partial charge in [0.1, 0.15) is 6.10 Å². The molecule has 4 heteroatoms. The zero-order valence-electron chi connectivity index (χ0n) is 11.2. The van der Waals surface area contributed by atoms with Gasteiger partial charge in [-0.2, -0.15) is 0 Å². The quantitative estimate of drug-likeness (QED) is 0.869. The number of hydrogen-bond donors (Lipinski definition) is 1. The maximum atomic E-state index is 5.91. The minimum Gasteiger partial charge on any atom is -0.474 e. The molecule has 0 bridgehead atoms. The van der Waals surface area contributed by atoms with Gasteiger partial charge >= 0.3 is 0 Å². The predicted octanol–water partition coefficient (Wildman–Crippen LogP) is 2.14. The molecule has 0 amide bonds. The largest absolute Gasteiger partial charge is 0.474 e. The summed E-state index contributed by atoms with van der Waals surface area (Å²) in [4.78, 5) is 4.34. The summed E-state index contributed by atoms with van der Waals surface area (Å²) >= 11 is 0. The average molecular weight is 250 g/mol. The zero-order valence-corrected chi connectivity index (χ0v) is 11.2. The number of rotatable bonds is 5. The van der Waals surface area contributed by atoms with Crippen molar-refractivity contribution in [1.82, 2.24) is 10.3 Å². The van der Waals surface area contributed by atoms with Crippen molar-refractivity contribution in [3.05, 3.63) is 23.9 Å². The second-order valence-corrected chi connectivity index (χ2v) is 4.80. The Bertz CT molecular complexity index is 353. The second-order valence-electron chi connectivity index (χ2n) is 4.80. The van der Waals surface area contributed by atoms with Crippen LogP contribution < -0.4 is 10.1 Å². The topological polar surface area (TPSA) is 43.4 Å². The number of pyridine rings is 1. The highest BCUT2D eigenvalue weighted by Gasteiger charge is 2.23. The summed E-state index contributed by atoms with van der Waals surface area (Å²) in [6, 6.07) is 4.00. The summed E-state index contributed by atoms with van der Waals surface area (Å²) in [5, 5.41) is 3.10. The lowest BCUT2D eigenvalue weighted by Gasteiger charge is -2.28. The van der Waals surface area contributed by atoms with Crippen molar-refractivity contribution in [2.45, 2.75) is 44.4 Å². The van der Waals surface area contributed by atoms with Crippen molar-refractivity contribution >= 4 is 0 Å². The van der Waals surface area contributed by atoms with Crippen molar-refractivity contribution in [2.75, 3.05) is 14.2 Å². The Kier molecular flexibility index (Phi) is 4.96. The van der Waals surface area contributed by atoms with E-state index in [0.29, 0.717) is 6.10 Å². The molecule has 0 spiro atoms. The fourth-order valence-corrected chi connectivity index (χ4v) is 2.38. The Morgan fingerprint density at radius 1 is 1.33 bits per heavy atom. The molecule has 0 radical (unpaired) electrons. The molecule has 18 heavy (non-hydrogen) atoms. The number of nitrogens with zero attached hydrogens (tertiary/aromatic N) is 1.